The van der Waals surface area contributed by atoms with Crippen LogP contribution in [0.4, 0.5) is 11.4 Å². The van der Waals surface area contributed by atoms with Crippen LogP contribution in [0.5, 0.6) is 11.5 Å². The van der Waals surface area contributed by atoms with E-state index in [1.54, 1.807) is 7.11 Å². The van der Waals surface area contributed by atoms with Gasteiger partial charge in [0.15, 0.2) is 11.5 Å². The van der Waals surface area contributed by atoms with Gasteiger partial charge in [0.1, 0.15) is 0 Å². The minimum absolute atomic E-state index is 0.0450. The molecule has 0 bridgehead atoms. The Kier molecular flexibility index (Phi) is 6.97. The van der Waals surface area contributed by atoms with Crippen LogP contribution < -0.4 is 14.8 Å². The van der Waals surface area contributed by atoms with E-state index in [0.717, 1.165) is 5.56 Å². The second-order valence-electron chi connectivity index (χ2n) is 5.39. The van der Waals surface area contributed by atoms with Crippen LogP contribution in [0.3, 0.4) is 0 Å². The normalized spacial score (nSPS) is 10.3. The van der Waals surface area contributed by atoms with Crippen molar-refractivity contribution in [2.75, 3.05) is 19.0 Å². The lowest BCUT2D eigenvalue weighted by Gasteiger charge is -2.11. The monoisotopic (exact) mass is 422 g/mol. The van der Waals surface area contributed by atoms with Crippen molar-refractivity contribution in [3.63, 3.8) is 0 Å². The van der Waals surface area contributed by atoms with Crippen molar-refractivity contribution < 1.29 is 19.2 Å². The standard InChI is InChI=1S/C18H19BrN2O5/c1-3-26-16-8-4-12(10-17(16)25-2)5-9-18(22)20-15-7-6-13(21(23)24)11-14(15)19/h4,6-8,10-11H,3,5,9H2,1-2H3,(H,20,22). The second kappa shape index (κ2) is 9.19. The third kappa shape index (κ3) is 5.19. The van der Waals surface area contributed by atoms with E-state index in [-0.39, 0.29) is 18.0 Å². The number of non-ortho nitro benzene ring substituents is 1. The number of carbonyl (C=O) groups is 1. The van der Waals surface area contributed by atoms with E-state index in [2.05, 4.69) is 21.2 Å². The van der Waals surface area contributed by atoms with Gasteiger partial charge < -0.3 is 14.8 Å². The van der Waals surface area contributed by atoms with Gasteiger partial charge in [-0.15, -0.1) is 0 Å². The van der Waals surface area contributed by atoms with Crippen molar-refractivity contribution in [3.8, 4) is 11.5 Å². The molecule has 0 radical (unpaired) electrons. The van der Waals surface area contributed by atoms with Gasteiger partial charge in [-0.05, 0) is 53.0 Å². The average molecular weight is 423 g/mol. The number of nitro benzene ring substituents is 1. The van der Waals surface area contributed by atoms with Gasteiger partial charge in [-0.2, -0.15) is 0 Å². The first-order valence-electron chi connectivity index (χ1n) is 7.98. The van der Waals surface area contributed by atoms with E-state index in [4.69, 9.17) is 9.47 Å². The van der Waals surface area contributed by atoms with Gasteiger partial charge in [-0.25, -0.2) is 0 Å². The predicted octanol–water partition coefficient (Wildman–Crippen LogP) is 4.34. The summed E-state index contributed by atoms with van der Waals surface area (Å²) < 4.78 is 11.2. The zero-order chi connectivity index (χ0) is 19.1. The lowest BCUT2D eigenvalue weighted by atomic mass is 10.1. The largest absolute Gasteiger partial charge is 0.493 e. The number of nitrogens with one attached hydrogen (secondary N) is 1. The lowest BCUT2D eigenvalue weighted by molar-refractivity contribution is -0.384. The predicted molar refractivity (Wildman–Crippen MR) is 102 cm³/mol. The quantitative estimate of drug-likeness (QED) is 0.504. The van der Waals surface area contributed by atoms with Gasteiger partial charge in [-0.1, -0.05) is 6.07 Å². The fourth-order valence-electron chi connectivity index (χ4n) is 2.33. The molecule has 2 aromatic carbocycles. The van der Waals surface area contributed by atoms with Crippen LogP contribution in [0.25, 0.3) is 0 Å². The van der Waals surface area contributed by atoms with Crippen LogP contribution in [0.1, 0.15) is 18.9 Å². The molecule has 0 aliphatic carbocycles. The number of anilines is 1. The molecule has 0 fully saturated rings. The van der Waals surface area contributed by atoms with Crippen molar-refractivity contribution in [3.05, 3.63) is 56.5 Å². The summed E-state index contributed by atoms with van der Waals surface area (Å²) in [5.74, 6) is 1.10. The Morgan fingerprint density at radius 3 is 2.62 bits per heavy atom. The van der Waals surface area contributed by atoms with Gasteiger partial charge in [0.25, 0.3) is 5.69 Å². The molecule has 0 unspecified atom stereocenters. The number of nitrogens with zero attached hydrogens (tertiary/aromatic N) is 1. The van der Waals surface area contributed by atoms with Crippen molar-refractivity contribution in [1.29, 1.82) is 0 Å². The molecule has 1 N–H and O–H groups in total. The Bertz CT molecular complexity index is 810. The topological polar surface area (TPSA) is 90.7 Å². The van der Waals surface area contributed by atoms with E-state index in [9.17, 15) is 14.9 Å². The number of methoxy groups -OCH3 is 1. The number of carbonyl (C=O) groups excluding carboxylic acids is 1. The highest BCUT2D eigenvalue weighted by Gasteiger charge is 2.12. The molecule has 0 atom stereocenters. The van der Waals surface area contributed by atoms with E-state index in [1.165, 1.54) is 18.2 Å². The van der Waals surface area contributed by atoms with Gasteiger partial charge >= 0.3 is 0 Å². The van der Waals surface area contributed by atoms with Crippen LogP contribution in [-0.4, -0.2) is 24.5 Å². The number of nitro groups is 1. The van der Waals surface area contributed by atoms with Crippen molar-refractivity contribution >= 4 is 33.2 Å². The number of benzene rings is 2. The Hall–Kier alpha value is -2.61. The molecule has 0 aromatic heterocycles. The molecule has 8 heteroatoms. The minimum Gasteiger partial charge on any atom is -0.493 e. The number of aryl methyl sites for hydroxylation is 1. The molecular formula is C18H19BrN2O5. The van der Waals surface area contributed by atoms with Gasteiger partial charge in [0, 0.05) is 23.0 Å². The van der Waals surface area contributed by atoms with Gasteiger partial charge in [0.2, 0.25) is 5.91 Å². The van der Waals surface area contributed by atoms with Crippen molar-refractivity contribution in [2.45, 2.75) is 19.8 Å². The first kappa shape index (κ1) is 19.7. The highest BCUT2D eigenvalue weighted by molar-refractivity contribution is 9.10. The molecule has 0 saturated heterocycles. The molecule has 0 saturated carbocycles. The third-order valence-electron chi connectivity index (χ3n) is 3.61. The zero-order valence-electron chi connectivity index (χ0n) is 14.5. The molecule has 0 aliphatic heterocycles. The number of amides is 1. The molecule has 0 heterocycles. The zero-order valence-corrected chi connectivity index (χ0v) is 16.0. The minimum atomic E-state index is -0.490. The van der Waals surface area contributed by atoms with Gasteiger partial charge in [0.05, 0.1) is 24.3 Å². The molecule has 2 rings (SSSR count). The molecular weight excluding hydrogens is 404 g/mol. The van der Waals surface area contributed by atoms with E-state index in [1.807, 2.05) is 25.1 Å². The molecule has 26 heavy (non-hydrogen) atoms. The highest BCUT2D eigenvalue weighted by atomic mass is 79.9. The fourth-order valence-corrected chi connectivity index (χ4v) is 2.80. The summed E-state index contributed by atoms with van der Waals surface area (Å²) in [7, 11) is 1.57. The summed E-state index contributed by atoms with van der Waals surface area (Å²) in [6.45, 7) is 2.44. The van der Waals surface area contributed by atoms with Crippen LogP contribution >= 0.6 is 15.9 Å². The molecule has 0 aliphatic rings. The summed E-state index contributed by atoms with van der Waals surface area (Å²) in [4.78, 5) is 22.4. The van der Waals surface area contributed by atoms with E-state index in [0.29, 0.717) is 34.7 Å². The molecule has 1 amide bonds. The third-order valence-corrected chi connectivity index (χ3v) is 4.26. The smallest absolute Gasteiger partial charge is 0.270 e. The number of halogens is 1. The summed E-state index contributed by atoms with van der Waals surface area (Å²) >= 11 is 3.23. The number of hydrogen-bond acceptors (Lipinski definition) is 5. The van der Waals surface area contributed by atoms with Crippen LogP contribution in [0.2, 0.25) is 0 Å². The van der Waals surface area contributed by atoms with Crippen molar-refractivity contribution in [1.82, 2.24) is 0 Å². The Balaban J connectivity index is 1.97. The van der Waals surface area contributed by atoms with Crippen molar-refractivity contribution in [2.24, 2.45) is 0 Å². The number of ether oxygens (including phenoxy) is 2. The SMILES string of the molecule is CCOc1ccc(CCC(=O)Nc2ccc([N+](=O)[O-])cc2Br)cc1OC. The first-order valence-corrected chi connectivity index (χ1v) is 8.77. The summed E-state index contributed by atoms with van der Waals surface area (Å²) in [6, 6.07) is 9.76. The fraction of sp³-hybridized carbons (Fsp3) is 0.278. The Labute approximate surface area is 159 Å². The summed E-state index contributed by atoms with van der Waals surface area (Å²) in [5.41, 5.74) is 1.39. The molecule has 0 spiro atoms. The summed E-state index contributed by atoms with van der Waals surface area (Å²) in [5, 5.41) is 13.5. The summed E-state index contributed by atoms with van der Waals surface area (Å²) in [6.07, 6.45) is 0.791. The Morgan fingerprint density at radius 2 is 2.00 bits per heavy atom. The number of hydrogen-bond donors (Lipinski definition) is 1. The van der Waals surface area contributed by atoms with E-state index >= 15 is 0 Å². The van der Waals surface area contributed by atoms with Crippen LogP contribution in [-0.2, 0) is 11.2 Å². The maximum Gasteiger partial charge on any atom is 0.270 e. The molecule has 138 valence electrons. The second-order valence-corrected chi connectivity index (χ2v) is 6.24. The molecule has 7 nitrogen and oxygen atoms in total. The maximum absolute atomic E-state index is 12.2. The lowest BCUT2D eigenvalue weighted by Crippen LogP contribution is -2.12. The maximum atomic E-state index is 12.2. The highest BCUT2D eigenvalue weighted by Crippen LogP contribution is 2.29. The van der Waals surface area contributed by atoms with Crippen LogP contribution in [0.15, 0.2) is 40.9 Å². The Morgan fingerprint density at radius 1 is 1.23 bits per heavy atom. The molecule has 2 aromatic rings. The van der Waals surface area contributed by atoms with E-state index < -0.39 is 4.92 Å². The van der Waals surface area contributed by atoms with Gasteiger partial charge in [-0.3, -0.25) is 14.9 Å². The van der Waals surface area contributed by atoms with Crippen LogP contribution in [0, 0.1) is 10.1 Å². The average Bonchev–Trinajstić information content (AvgIpc) is 2.62. The number of rotatable bonds is 8. The first-order chi connectivity index (χ1) is 12.4.